The van der Waals surface area contributed by atoms with Gasteiger partial charge in [0.05, 0.1) is 6.17 Å². The van der Waals surface area contributed by atoms with E-state index in [9.17, 15) is 0 Å². The second-order valence-corrected chi connectivity index (χ2v) is 1.82. The van der Waals surface area contributed by atoms with Crippen molar-refractivity contribution in [2.24, 2.45) is 0 Å². The first kappa shape index (κ1) is 8.34. The fraction of sp³-hybridized carbons (Fsp3) is 0.714. The van der Waals surface area contributed by atoms with Gasteiger partial charge in [0, 0.05) is 19.4 Å². The van der Waals surface area contributed by atoms with Crippen LogP contribution in [0.15, 0.2) is 12.4 Å². The lowest BCUT2D eigenvalue weighted by Gasteiger charge is -2.14. The molecule has 1 unspecified atom stereocenters. The molecule has 0 spiro atoms. The number of rotatable bonds is 0. The molecule has 0 saturated heterocycles. The van der Waals surface area contributed by atoms with Crippen LogP contribution in [0.1, 0.15) is 20.8 Å². The van der Waals surface area contributed by atoms with E-state index in [0.717, 1.165) is 0 Å². The molecule has 9 heavy (non-hydrogen) atoms. The maximum absolute atomic E-state index is 3.11. The van der Waals surface area contributed by atoms with E-state index in [-0.39, 0.29) is 0 Å². The third-order valence-corrected chi connectivity index (χ3v) is 1.26. The zero-order valence-electron chi connectivity index (χ0n) is 6.68. The van der Waals surface area contributed by atoms with Crippen LogP contribution >= 0.6 is 0 Å². The molecule has 1 N–H and O–H groups in total. The van der Waals surface area contributed by atoms with Crippen LogP contribution in [0.25, 0.3) is 0 Å². The Morgan fingerprint density at radius 2 is 2.00 bits per heavy atom. The molecule has 0 aliphatic carbocycles. The molecule has 0 aromatic rings. The van der Waals surface area contributed by atoms with Gasteiger partial charge in [0.2, 0.25) is 0 Å². The molecule has 1 atom stereocenters. The summed E-state index contributed by atoms with van der Waals surface area (Å²) in [6.07, 6.45) is 4.45. The lowest BCUT2D eigenvalue weighted by molar-refractivity contribution is 0.356. The summed E-state index contributed by atoms with van der Waals surface area (Å²) in [6.45, 7) is 6.11. The largest absolute Gasteiger partial charge is 0.370 e. The minimum atomic E-state index is 0.486. The molecular formula is C7H16N2. The molecule has 1 rings (SSSR count). The van der Waals surface area contributed by atoms with Crippen LogP contribution in [0.3, 0.4) is 0 Å². The molecule has 2 heteroatoms. The van der Waals surface area contributed by atoms with E-state index in [0.29, 0.717) is 6.17 Å². The molecule has 0 fully saturated rings. The second kappa shape index (κ2) is 4.24. The molecule has 1 aliphatic heterocycles. The van der Waals surface area contributed by atoms with Crippen LogP contribution in [-0.2, 0) is 0 Å². The highest BCUT2D eigenvalue weighted by molar-refractivity contribution is 4.89. The Bertz CT molecular complexity index is 88.9. The summed E-state index contributed by atoms with van der Waals surface area (Å²) in [4.78, 5) is 2.11. The first-order valence-electron chi connectivity index (χ1n) is 3.45. The summed E-state index contributed by atoms with van der Waals surface area (Å²) in [6, 6.07) is 0. The Labute approximate surface area is 57.5 Å². The average molecular weight is 128 g/mol. The zero-order valence-corrected chi connectivity index (χ0v) is 6.68. The molecule has 1 heterocycles. The first-order valence-corrected chi connectivity index (χ1v) is 3.45. The molecule has 0 aromatic heterocycles. The van der Waals surface area contributed by atoms with Crippen molar-refractivity contribution in [2.75, 3.05) is 7.05 Å². The highest BCUT2D eigenvalue weighted by Gasteiger charge is 2.04. The lowest BCUT2D eigenvalue weighted by Crippen LogP contribution is -2.28. The van der Waals surface area contributed by atoms with Gasteiger partial charge in [-0.05, 0) is 6.92 Å². The van der Waals surface area contributed by atoms with Crippen molar-refractivity contribution in [3.8, 4) is 0 Å². The fourth-order valence-electron chi connectivity index (χ4n) is 0.547. The average Bonchev–Trinajstić information content (AvgIpc) is 2.23. The zero-order chi connectivity index (χ0) is 7.28. The van der Waals surface area contributed by atoms with Crippen LogP contribution in [-0.4, -0.2) is 18.1 Å². The molecule has 2 nitrogen and oxygen atoms in total. The van der Waals surface area contributed by atoms with Gasteiger partial charge in [0.1, 0.15) is 0 Å². The third kappa shape index (κ3) is 2.40. The van der Waals surface area contributed by atoms with Gasteiger partial charge in [-0.3, -0.25) is 0 Å². The number of nitrogens with zero attached hydrogens (tertiary/aromatic N) is 1. The van der Waals surface area contributed by atoms with Crippen LogP contribution in [0.2, 0.25) is 0 Å². The van der Waals surface area contributed by atoms with Crippen LogP contribution in [0.4, 0.5) is 0 Å². The molecule has 0 aromatic carbocycles. The standard InChI is InChI=1S/C5H10N2.C2H6/c1-5-6-3-4-7(5)2;1-2/h3-6H,1-2H3;1-2H3. The predicted molar refractivity (Wildman–Crippen MR) is 40.8 cm³/mol. The predicted octanol–water partition coefficient (Wildman–Crippen LogP) is 1.36. The summed E-state index contributed by atoms with van der Waals surface area (Å²) in [5, 5.41) is 3.11. The minimum absolute atomic E-state index is 0.486. The topological polar surface area (TPSA) is 15.3 Å². The normalized spacial score (nSPS) is 22.7. The highest BCUT2D eigenvalue weighted by atomic mass is 15.3. The summed E-state index contributed by atoms with van der Waals surface area (Å²) in [5.74, 6) is 0. The van der Waals surface area contributed by atoms with E-state index in [1.807, 2.05) is 33.3 Å². The number of hydrogen-bond acceptors (Lipinski definition) is 2. The summed E-state index contributed by atoms with van der Waals surface area (Å²) in [7, 11) is 2.04. The maximum atomic E-state index is 3.11. The molecule has 1 aliphatic rings. The van der Waals surface area contributed by atoms with Crippen molar-refractivity contribution in [3.05, 3.63) is 12.4 Å². The van der Waals surface area contributed by atoms with E-state index in [1.54, 1.807) is 0 Å². The monoisotopic (exact) mass is 128 g/mol. The molecule has 0 bridgehead atoms. The van der Waals surface area contributed by atoms with Crippen molar-refractivity contribution in [1.29, 1.82) is 0 Å². The lowest BCUT2D eigenvalue weighted by atomic mass is 10.6. The van der Waals surface area contributed by atoms with Crippen molar-refractivity contribution >= 4 is 0 Å². The SMILES string of the molecule is CC.CC1NC=CN1C. The number of nitrogens with one attached hydrogen (secondary N) is 1. The van der Waals surface area contributed by atoms with Crippen molar-refractivity contribution < 1.29 is 0 Å². The summed E-state index contributed by atoms with van der Waals surface area (Å²) in [5.41, 5.74) is 0. The van der Waals surface area contributed by atoms with Crippen LogP contribution < -0.4 is 5.32 Å². The Balaban J connectivity index is 0.000000291. The molecular weight excluding hydrogens is 112 g/mol. The molecule has 0 radical (unpaired) electrons. The first-order chi connectivity index (χ1) is 4.30. The quantitative estimate of drug-likeness (QED) is 0.530. The molecule has 0 amide bonds. The van der Waals surface area contributed by atoms with Gasteiger partial charge < -0.3 is 10.2 Å². The second-order valence-electron chi connectivity index (χ2n) is 1.82. The smallest absolute Gasteiger partial charge is 0.0949 e. The number of hydrogen-bond donors (Lipinski definition) is 1. The van der Waals surface area contributed by atoms with Crippen molar-refractivity contribution in [2.45, 2.75) is 26.9 Å². The van der Waals surface area contributed by atoms with Gasteiger partial charge in [-0.1, -0.05) is 13.8 Å². The molecule has 0 saturated carbocycles. The van der Waals surface area contributed by atoms with E-state index in [4.69, 9.17) is 0 Å². The van der Waals surface area contributed by atoms with Crippen molar-refractivity contribution in [3.63, 3.8) is 0 Å². The van der Waals surface area contributed by atoms with Crippen molar-refractivity contribution in [1.82, 2.24) is 10.2 Å². The van der Waals surface area contributed by atoms with Gasteiger partial charge in [-0.25, -0.2) is 0 Å². The third-order valence-electron chi connectivity index (χ3n) is 1.26. The van der Waals surface area contributed by atoms with Gasteiger partial charge in [-0.15, -0.1) is 0 Å². The van der Waals surface area contributed by atoms with Gasteiger partial charge in [-0.2, -0.15) is 0 Å². The Hall–Kier alpha value is -0.660. The van der Waals surface area contributed by atoms with E-state index in [2.05, 4.69) is 17.1 Å². The minimum Gasteiger partial charge on any atom is -0.370 e. The van der Waals surface area contributed by atoms with E-state index >= 15 is 0 Å². The van der Waals surface area contributed by atoms with Crippen LogP contribution in [0, 0.1) is 0 Å². The van der Waals surface area contributed by atoms with Gasteiger partial charge >= 0.3 is 0 Å². The molecule has 54 valence electrons. The van der Waals surface area contributed by atoms with E-state index < -0.39 is 0 Å². The van der Waals surface area contributed by atoms with Gasteiger partial charge in [0.25, 0.3) is 0 Å². The maximum Gasteiger partial charge on any atom is 0.0949 e. The van der Waals surface area contributed by atoms with Crippen LogP contribution in [0.5, 0.6) is 0 Å². The summed E-state index contributed by atoms with van der Waals surface area (Å²) >= 11 is 0. The Morgan fingerprint density at radius 3 is 2.11 bits per heavy atom. The Morgan fingerprint density at radius 1 is 1.44 bits per heavy atom. The van der Waals surface area contributed by atoms with Gasteiger partial charge in [0.15, 0.2) is 0 Å². The Kier molecular flexibility index (Phi) is 3.93. The summed E-state index contributed by atoms with van der Waals surface area (Å²) < 4.78 is 0. The highest BCUT2D eigenvalue weighted by Crippen LogP contribution is 1.97. The van der Waals surface area contributed by atoms with E-state index in [1.165, 1.54) is 0 Å². The fourth-order valence-corrected chi connectivity index (χ4v) is 0.547.